The van der Waals surface area contributed by atoms with Gasteiger partial charge in [-0.05, 0) is 0 Å². The molecule has 0 aromatic heterocycles. The molecule has 0 spiro atoms. The smallest absolute Gasteiger partial charge is 0.305 e. The Hall–Kier alpha value is -2.69. The van der Waals surface area contributed by atoms with E-state index in [0.29, 0.717) is 0 Å². The van der Waals surface area contributed by atoms with E-state index < -0.39 is 67.2 Å². The van der Waals surface area contributed by atoms with E-state index in [0.717, 1.165) is 34.6 Å². The second kappa shape index (κ2) is 9.86. The van der Waals surface area contributed by atoms with Crippen LogP contribution < -0.4 is 0 Å². The highest BCUT2D eigenvalue weighted by atomic mass is 16.7. The molecule has 0 bridgehead atoms. The van der Waals surface area contributed by atoms with Gasteiger partial charge in [0.1, 0.15) is 12.7 Å². The third kappa shape index (κ3) is 7.21. The minimum Gasteiger partial charge on any atom is -0.463 e. The summed E-state index contributed by atoms with van der Waals surface area (Å²) < 4.78 is 30.8. The summed E-state index contributed by atoms with van der Waals surface area (Å²) in [5, 5.41) is 0. The van der Waals surface area contributed by atoms with Crippen molar-refractivity contribution in [1.29, 1.82) is 0 Å². The molecule has 1 aliphatic rings. The first-order valence-corrected chi connectivity index (χ1v) is 7.99. The summed E-state index contributed by atoms with van der Waals surface area (Å²) in [6.07, 6.45) is -6.70. The van der Waals surface area contributed by atoms with E-state index in [2.05, 4.69) is 0 Å². The zero-order chi connectivity index (χ0) is 20.7. The van der Waals surface area contributed by atoms with Crippen LogP contribution in [0.1, 0.15) is 34.6 Å². The van der Waals surface area contributed by atoms with Crippen LogP contribution in [-0.2, 0) is 52.4 Å². The third-order valence-corrected chi connectivity index (χ3v) is 3.23. The molecule has 1 rings (SSSR count). The minimum atomic E-state index is -1.48. The van der Waals surface area contributed by atoms with Crippen LogP contribution in [-0.4, -0.2) is 67.2 Å². The molecule has 11 nitrogen and oxygen atoms in total. The van der Waals surface area contributed by atoms with Crippen LogP contribution in [0.3, 0.4) is 0 Å². The summed E-state index contributed by atoms with van der Waals surface area (Å²) in [6.45, 7) is 5.13. The largest absolute Gasteiger partial charge is 0.463 e. The van der Waals surface area contributed by atoms with Crippen LogP contribution in [0.2, 0.25) is 0 Å². The van der Waals surface area contributed by atoms with Crippen LogP contribution in [0.4, 0.5) is 0 Å². The zero-order valence-corrected chi connectivity index (χ0v) is 15.6. The number of carbonyl (C=O) groups excluding carboxylic acids is 5. The monoisotopic (exact) mass is 390 g/mol. The van der Waals surface area contributed by atoms with Crippen molar-refractivity contribution in [2.45, 2.75) is 65.3 Å². The quantitative estimate of drug-likeness (QED) is 0.433. The van der Waals surface area contributed by atoms with Gasteiger partial charge in [-0.15, -0.1) is 0 Å². The number of esters is 5. The van der Waals surface area contributed by atoms with Crippen molar-refractivity contribution in [3.8, 4) is 0 Å². The van der Waals surface area contributed by atoms with Crippen LogP contribution in [0.15, 0.2) is 0 Å². The summed E-state index contributed by atoms with van der Waals surface area (Å²) in [7, 11) is 0. The van der Waals surface area contributed by atoms with E-state index in [4.69, 9.17) is 28.4 Å². The normalized spacial score (nSPS) is 27.1. The van der Waals surface area contributed by atoms with Gasteiger partial charge in [0.25, 0.3) is 0 Å². The number of ether oxygens (including phenoxy) is 6. The summed E-state index contributed by atoms with van der Waals surface area (Å²) in [4.78, 5) is 57.0. The van der Waals surface area contributed by atoms with E-state index in [1.54, 1.807) is 0 Å². The lowest BCUT2D eigenvalue weighted by molar-refractivity contribution is -0.300. The Balaban J connectivity index is 3.29. The molecule has 1 heterocycles. The van der Waals surface area contributed by atoms with Gasteiger partial charge in [-0.2, -0.15) is 0 Å². The predicted octanol–water partition coefficient (Wildman–Crippen LogP) is -0.367. The Bertz CT molecular complexity index is 599. The molecule has 0 N–H and O–H groups in total. The van der Waals surface area contributed by atoms with Crippen molar-refractivity contribution in [3.63, 3.8) is 0 Å². The fourth-order valence-electron chi connectivity index (χ4n) is 2.45. The highest BCUT2D eigenvalue weighted by Crippen LogP contribution is 2.29. The second-order valence-corrected chi connectivity index (χ2v) is 5.68. The first kappa shape index (κ1) is 22.4. The lowest BCUT2D eigenvalue weighted by Crippen LogP contribution is -2.63. The Labute approximate surface area is 155 Å². The molecule has 5 atom stereocenters. The summed E-state index contributed by atoms with van der Waals surface area (Å²) in [5.41, 5.74) is 0. The molecule has 0 radical (unpaired) electrons. The van der Waals surface area contributed by atoms with Gasteiger partial charge in [-0.3, -0.25) is 24.0 Å². The molecule has 2 unspecified atom stereocenters. The van der Waals surface area contributed by atoms with Crippen LogP contribution in [0, 0.1) is 0 Å². The van der Waals surface area contributed by atoms with Gasteiger partial charge in [-0.1, -0.05) is 0 Å². The van der Waals surface area contributed by atoms with Crippen molar-refractivity contribution >= 4 is 29.8 Å². The van der Waals surface area contributed by atoms with E-state index in [1.807, 2.05) is 0 Å². The highest BCUT2D eigenvalue weighted by Gasteiger charge is 2.53. The third-order valence-electron chi connectivity index (χ3n) is 3.23. The average Bonchev–Trinajstić information content (AvgIpc) is 2.49. The van der Waals surface area contributed by atoms with Crippen molar-refractivity contribution in [2.75, 3.05) is 6.61 Å². The molecule has 1 aliphatic heterocycles. The SMILES string of the molecule is CC(=O)OCC1O[C@@H](OC(C)=O)[C@@H](OC(C)=O)C(OC(C)=O)[C@@H]1OC(C)=O. The van der Waals surface area contributed by atoms with Gasteiger partial charge >= 0.3 is 29.8 Å². The maximum Gasteiger partial charge on any atom is 0.305 e. The molecule has 11 heteroatoms. The fraction of sp³-hybridized carbons (Fsp3) is 0.688. The van der Waals surface area contributed by atoms with Gasteiger partial charge in [-0.25, -0.2) is 0 Å². The molecule has 0 aromatic carbocycles. The molecule has 27 heavy (non-hydrogen) atoms. The Morgan fingerprint density at radius 2 is 1.07 bits per heavy atom. The molecule has 1 fully saturated rings. The molecule has 0 aliphatic carbocycles. The average molecular weight is 390 g/mol. The first-order valence-electron chi connectivity index (χ1n) is 7.99. The fourth-order valence-corrected chi connectivity index (χ4v) is 2.45. The maximum absolute atomic E-state index is 11.5. The van der Waals surface area contributed by atoms with E-state index in [9.17, 15) is 24.0 Å². The van der Waals surface area contributed by atoms with Gasteiger partial charge in [0, 0.05) is 34.6 Å². The molecule has 152 valence electrons. The lowest BCUT2D eigenvalue weighted by atomic mass is 9.98. The summed E-state index contributed by atoms with van der Waals surface area (Å²) in [6, 6.07) is 0. The maximum atomic E-state index is 11.5. The molecule has 0 aromatic rings. The highest BCUT2D eigenvalue weighted by molar-refractivity contribution is 5.69. The molecular formula is C16H22O11. The Morgan fingerprint density at radius 3 is 1.52 bits per heavy atom. The number of rotatable bonds is 6. The summed E-state index contributed by atoms with van der Waals surface area (Å²) in [5.74, 6) is -3.71. The minimum absolute atomic E-state index is 0.393. The summed E-state index contributed by atoms with van der Waals surface area (Å²) >= 11 is 0. The van der Waals surface area contributed by atoms with Crippen molar-refractivity contribution in [1.82, 2.24) is 0 Å². The zero-order valence-electron chi connectivity index (χ0n) is 15.6. The van der Waals surface area contributed by atoms with Gasteiger partial charge in [0.15, 0.2) is 12.2 Å². The molecule has 0 saturated carbocycles. The predicted molar refractivity (Wildman–Crippen MR) is 83.7 cm³/mol. The second-order valence-electron chi connectivity index (χ2n) is 5.68. The van der Waals surface area contributed by atoms with Crippen molar-refractivity contribution in [2.24, 2.45) is 0 Å². The van der Waals surface area contributed by atoms with Crippen molar-refractivity contribution in [3.05, 3.63) is 0 Å². The van der Waals surface area contributed by atoms with Gasteiger partial charge in [0.2, 0.25) is 12.4 Å². The number of carbonyl (C=O) groups is 5. The first-order chi connectivity index (χ1) is 12.5. The van der Waals surface area contributed by atoms with Gasteiger partial charge < -0.3 is 28.4 Å². The number of hydrogen-bond donors (Lipinski definition) is 0. The lowest BCUT2D eigenvalue weighted by Gasteiger charge is -2.43. The van der Waals surface area contributed by atoms with Crippen LogP contribution in [0.25, 0.3) is 0 Å². The van der Waals surface area contributed by atoms with E-state index in [-0.39, 0.29) is 0 Å². The van der Waals surface area contributed by atoms with Crippen LogP contribution in [0.5, 0.6) is 0 Å². The van der Waals surface area contributed by atoms with E-state index >= 15 is 0 Å². The molecular weight excluding hydrogens is 368 g/mol. The topological polar surface area (TPSA) is 141 Å². The Morgan fingerprint density at radius 1 is 0.630 bits per heavy atom. The Kier molecular flexibility index (Phi) is 8.16. The van der Waals surface area contributed by atoms with Gasteiger partial charge in [0.05, 0.1) is 0 Å². The molecule has 1 saturated heterocycles. The van der Waals surface area contributed by atoms with Crippen molar-refractivity contribution < 1.29 is 52.4 Å². The van der Waals surface area contributed by atoms with Crippen LogP contribution >= 0.6 is 0 Å². The molecule has 0 amide bonds. The standard InChI is InChI=1S/C16H22O11/c1-7(17)22-6-12-13(23-8(2)18)14(24-9(3)19)15(25-10(4)20)16(27-12)26-11(5)21/h12-16H,6H2,1-5H3/t12?,13-,14?,15+,16-/m1/s1. The number of hydrogen-bond acceptors (Lipinski definition) is 11. The van der Waals surface area contributed by atoms with E-state index in [1.165, 1.54) is 0 Å².